The summed E-state index contributed by atoms with van der Waals surface area (Å²) in [5.74, 6) is 0. The summed E-state index contributed by atoms with van der Waals surface area (Å²) >= 11 is 11.8. The molecule has 5 nitrogen and oxygen atoms in total. The minimum absolute atomic E-state index is 0.0369. The zero-order chi connectivity index (χ0) is 15.8. The number of aromatic amines is 1. The molecule has 0 radical (unpaired) electrons. The number of sulfonamides is 1. The molecule has 114 valence electrons. The Balaban J connectivity index is 2.35. The highest BCUT2D eigenvalue weighted by Gasteiger charge is 2.25. The van der Waals surface area contributed by atoms with E-state index in [-0.39, 0.29) is 16.5 Å². The van der Waals surface area contributed by atoms with Crippen molar-refractivity contribution in [1.29, 1.82) is 0 Å². The van der Waals surface area contributed by atoms with Crippen molar-refractivity contribution in [3.8, 4) is 0 Å². The van der Waals surface area contributed by atoms with Gasteiger partial charge in [-0.05, 0) is 32.0 Å². The van der Waals surface area contributed by atoms with E-state index in [2.05, 4.69) is 10.2 Å². The fourth-order valence-corrected chi connectivity index (χ4v) is 3.85. The van der Waals surface area contributed by atoms with Crippen molar-refractivity contribution in [2.45, 2.75) is 25.3 Å². The monoisotopic (exact) mass is 347 g/mol. The molecule has 0 bridgehead atoms. The molecule has 0 aliphatic rings. The number of hydrogen-bond acceptors (Lipinski definition) is 3. The number of aromatic nitrogens is 2. The molecular weight excluding hydrogens is 333 g/mol. The summed E-state index contributed by atoms with van der Waals surface area (Å²) in [5.41, 5.74) is 2.47. The Labute approximate surface area is 133 Å². The fourth-order valence-electron chi connectivity index (χ4n) is 1.97. The van der Waals surface area contributed by atoms with Gasteiger partial charge in [-0.3, -0.25) is 5.10 Å². The number of halogens is 2. The molecule has 0 atom stereocenters. The van der Waals surface area contributed by atoms with Gasteiger partial charge >= 0.3 is 0 Å². The van der Waals surface area contributed by atoms with Crippen LogP contribution in [0, 0.1) is 13.8 Å². The Morgan fingerprint density at radius 1 is 1.29 bits per heavy atom. The second-order valence-corrected chi connectivity index (χ2v) is 7.61. The Bertz CT molecular complexity index is 752. The van der Waals surface area contributed by atoms with Crippen LogP contribution in [0.25, 0.3) is 0 Å². The van der Waals surface area contributed by atoms with Crippen LogP contribution >= 0.6 is 23.2 Å². The summed E-state index contributed by atoms with van der Waals surface area (Å²) in [4.78, 5) is 0.0369. The molecule has 0 amide bonds. The van der Waals surface area contributed by atoms with Crippen LogP contribution in [0.5, 0.6) is 0 Å². The molecule has 0 fully saturated rings. The smallest absolute Gasteiger partial charge is 0.244 e. The van der Waals surface area contributed by atoms with Crippen molar-refractivity contribution < 1.29 is 8.42 Å². The van der Waals surface area contributed by atoms with Crippen LogP contribution in [-0.4, -0.2) is 30.0 Å². The van der Waals surface area contributed by atoms with E-state index in [1.165, 1.54) is 29.6 Å². The molecule has 0 saturated heterocycles. The van der Waals surface area contributed by atoms with Gasteiger partial charge in [0.25, 0.3) is 0 Å². The molecule has 8 heteroatoms. The third kappa shape index (κ3) is 3.23. The topological polar surface area (TPSA) is 66.1 Å². The molecule has 1 aromatic heterocycles. The summed E-state index contributed by atoms with van der Waals surface area (Å²) in [6.45, 7) is 3.90. The molecule has 21 heavy (non-hydrogen) atoms. The molecule has 2 rings (SSSR count). The van der Waals surface area contributed by atoms with Crippen molar-refractivity contribution in [1.82, 2.24) is 14.5 Å². The van der Waals surface area contributed by atoms with Crippen LogP contribution in [0.3, 0.4) is 0 Å². The Morgan fingerprint density at radius 2 is 1.95 bits per heavy atom. The lowest BCUT2D eigenvalue weighted by Crippen LogP contribution is -2.27. The SMILES string of the molecule is Cc1n[nH]c(C)c1CN(C)S(=O)(=O)c1ccc(Cl)cc1Cl. The molecule has 0 unspecified atom stereocenters. The number of aryl methyl sites for hydroxylation is 2. The Kier molecular flexibility index (Phi) is 4.63. The molecule has 0 saturated carbocycles. The van der Waals surface area contributed by atoms with Crippen molar-refractivity contribution in [2.75, 3.05) is 7.05 Å². The predicted octanol–water partition coefficient (Wildman–Crippen LogP) is 3.15. The van der Waals surface area contributed by atoms with Gasteiger partial charge < -0.3 is 0 Å². The largest absolute Gasteiger partial charge is 0.282 e. The normalized spacial score (nSPS) is 12.1. The second kappa shape index (κ2) is 5.96. The summed E-state index contributed by atoms with van der Waals surface area (Å²) in [5, 5.41) is 7.40. The van der Waals surface area contributed by atoms with Crippen LogP contribution in [0.4, 0.5) is 0 Å². The van der Waals surface area contributed by atoms with Gasteiger partial charge in [-0.1, -0.05) is 23.2 Å². The first-order valence-corrected chi connectivity index (χ1v) is 8.35. The van der Waals surface area contributed by atoms with Crippen LogP contribution in [-0.2, 0) is 16.6 Å². The molecule has 0 aliphatic carbocycles. The molecular formula is C13H15Cl2N3O2S. The van der Waals surface area contributed by atoms with Gasteiger partial charge in [-0.25, -0.2) is 8.42 Å². The third-order valence-electron chi connectivity index (χ3n) is 3.24. The third-order valence-corrected chi connectivity index (χ3v) is 5.77. The zero-order valence-electron chi connectivity index (χ0n) is 11.8. The Morgan fingerprint density at radius 3 is 2.48 bits per heavy atom. The first-order valence-electron chi connectivity index (χ1n) is 6.15. The van der Waals surface area contributed by atoms with Crippen molar-refractivity contribution >= 4 is 33.2 Å². The first-order chi connectivity index (χ1) is 9.73. The molecule has 1 aromatic carbocycles. The van der Waals surface area contributed by atoms with E-state index in [0.29, 0.717) is 5.02 Å². The van der Waals surface area contributed by atoms with Gasteiger partial charge in [0.2, 0.25) is 10.0 Å². The van der Waals surface area contributed by atoms with Gasteiger partial charge in [-0.2, -0.15) is 9.40 Å². The number of nitrogens with zero attached hydrogens (tertiary/aromatic N) is 2. The highest BCUT2D eigenvalue weighted by atomic mass is 35.5. The summed E-state index contributed by atoms with van der Waals surface area (Å²) in [7, 11) is -2.19. The Hall–Kier alpha value is -1.08. The number of rotatable bonds is 4. The number of hydrogen-bond donors (Lipinski definition) is 1. The minimum atomic E-state index is -3.69. The number of nitrogens with one attached hydrogen (secondary N) is 1. The van der Waals surface area contributed by atoms with Gasteiger partial charge in [0, 0.05) is 29.9 Å². The average Bonchev–Trinajstić information content (AvgIpc) is 2.70. The highest BCUT2D eigenvalue weighted by Crippen LogP contribution is 2.28. The van der Waals surface area contributed by atoms with E-state index in [4.69, 9.17) is 23.2 Å². The zero-order valence-corrected chi connectivity index (χ0v) is 14.1. The van der Waals surface area contributed by atoms with Crippen LogP contribution in [0.15, 0.2) is 23.1 Å². The quantitative estimate of drug-likeness (QED) is 0.923. The van der Waals surface area contributed by atoms with Gasteiger partial charge in [0.05, 0.1) is 10.7 Å². The maximum atomic E-state index is 12.6. The lowest BCUT2D eigenvalue weighted by molar-refractivity contribution is 0.465. The molecule has 1 heterocycles. The highest BCUT2D eigenvalue weighted by molar-refractivity contribution is 7.89. The van der Waals surface area contributed by atoms with E-state index in [1.54, 1.807) is 0 Å². The van der Waals surface area contributed by atoms with Crippen LogP contribution in [0.2, 0.25) is 10.0 Å². The van der Waals surface area contributed by atoms with E-state index >= 15 is 0 Å². The molecule has 2 aromatic rings. The van der Waals surface area contributed by atoms with Crippen molar-refractivity contribution in [3.05, 3.63) is 45.2 Å². The average molecular weight is 348 g/mol. The van der Waals surface area contributed by atoms with E-state index in [0.717, 1.165) is 17.0 Å². The first kappa shape index (κ1) is 16.3. The predicted molar refractivity (Wildman–Crippen MR) is 83.2 cm³/mol. The van der Waals surface area contributed by atoms with Gasteiger partial charge in [0.15, 0.2) is 0 Å². The fraction of sp³-hybridized carbons (Fsp3) is 0.308. The molecule has 0 aliphatic heterocycles. The van der Waals surface area contributed by atoms with E-state index < -0.39 is 10.0 Å². The molecule has 0 spiro atoms. The maximum absolute atomic E-state index is 12.6. The standard InChI is InChI=1S/C13H15Cl2N3O2S/c1-8-11(9(2)17-16-8)7-18(3)21(19,20)13-5-4-10(14)6-12(13)15/h4-6H,7H2,1-3H3,(H,16,17). The summed E-state index contributed by atoms with van der Waals surface area (Å²) < 4.78 is 26.4. The van der Waals surface area contributed by atoms with Gasteiger partial charge in [0.1, 0.15) is 4.90 Å². The van der Waals surface area contributed by atoms with Gasteiger partial charge in [-0.15, -0.1) is 0 Å². The van der Waals surface area contributed by atoms with E-state index in [1.807, 2.05) is 13.8 Å². The van der Waals surface area contributed by atoms with Crippen LogP contribution < -0.4 is 0 Å². The molecule has 1 N–H and O–H groups in total. The van der Waals surface area contributed by atoms with Crippen molar-refractivity contribution in [3.63, 3.8) is 0 Å². The maximum Gasteiger partial charge on any atom is 0.244 e. The number of benzene rings is 1. The van der Waals surface area contributed by atoms with Crippen LogP contribution in [0.1, 0.15) is 17.0 Å². The second-order valence-electron chi connectivity index (χ2n) is 4.75. The van der Waals surface area contributed by atoms with E-state index in [9.17, 15) is 8.42 Å². The summed E-state index contributed by atoms with van der Waals surface area (Å²) in [6.07, 6.45) is 0. The lowest BCUT2D eigenvalue weighted by Gasteiger charge is -2.18. The number of H-pyrrole nitrogens is 1. The van der Waals surface area contributed by atoms with Crippen molar-refractivity contribution in [2.24, 2.45) is 0 Å². The lowest BCUT2D eigenvalue weighted by atomic mass is 10.2. The minimum Gasteiger partial charge on any atom is -0.282 e. The summed E-state index contributed by atoms with van der Waals surface area (Å²) in [6, 6.07) is 4.33.